The minimum Gasteiger partial charge on any atom is -0.465 e. The zero-order chi connectivity index (χ0) is 10.7. The van der Waals surface area contributed by atoms with Crippen molar-refractivity contribution in [2.75, 3.05) is 7.11 Å². The molecule has 0 aromatic heterocycles. The van der Waals surface area contributed by atoms with E-state index < -0.39 is 5.97 Å². The number of hydrogen-bond donors (Lipinski definition) is 0. The van der Waals surface area contributed by atoms with E-state index in [1.165, 1.54) is 7.11 Å². The molecule has 0 aliphatic heterocycles. The van der Waals surface area contributed by atoms with Crippen LogP contribution in [-0.2, 0) is 9.53 Å². The summed E-state index contributed by atoms with van der Waals surface area (Å²) in [6, 6.07) is 5.74. The number of ether oxygens (including phenoxy) is 1. The van der Waals surface area contributed by atoms with Crippen LogP contribution in [0.3, 0.4) is 0 Å². The normalized spacial score (nSPS) is 9.64. The van der Waals surface area contributed by atoms with Crippen LogP contribution in [0, 0.1) is 20.4 Å². The molecule has 14 heavy (non-hydrogen) atoms. The highest BCUT2D eigenvalue weighted by Crippen LogP contribution is 2.17. The van der Waals surface area contributed by atoms with Crippen molar-refractivity contribution < 1.29 is 9.53 Å². The summed E-state index contributed by atoms with van der Waals surface area (Å²) in [5, 5.41) is 0. The Balaban J connectivity index is 3.07. The van der Waals surface area contributed by atoms with Gasteiger partial charge in [0, 0.05) is 0 Å². The molecule has 0 heterocycles. The molecule has 0 saturated heterocycles. The molecule has 2 heteroatoms. The molecule has 0 fully saturated rings. The minimum atomic E-state index is -0.491. The van der Waals surface area contributed by atoms with E-state index in [9.17, 15) is 4.79 Å². The SMILES string of the molecule is [CH]=C(C(=O)OC)c1cc(C)cc(C)c1. The van der Waals surface area contributed by atoms with Crippen molar-refractivity contribution in [2.45, 2.75) is 13.8 Å². The van der Waals surface area contributed by atoms with Gasteiger partial charge in [0.25, 0.3) is 0 Å². The summed E-state index contributed by atoms with van der Waals surface area (Å²) < 4.78 is 4.55. The fourth-order valence-electron chi connectivity index (χ4n) is 1.36. The van der Waals surface area contributed by atoms with Crippen LogP contribution in [0.25, 0.3) is 5.57 Å². The van der Waals surface area contributed by atoms with Crippen molar-refractivity contribution in [3.8, 4) is 0 Å². The van der Waals surface area contributed by atoms with E-state index in [-0.39, 0.29) is 5.57 Å². The van der Waals surface area contributed by atoms with Crippen LogP contribution in [0.4, 0.5) is 0 Å². The van der Waals surface area contributed by atoms with Gasteiger partial charge in [-0.2, -0.15) is 0 Å². The maximum Gasteiger partial charge on any atom is 0.338 e. The third kappa shape index (κ3) is 2.22. The van der Waals surface area contributed by atoms with E-state index >= 15 is 0 Å². The number of rotatable bonds is 2. The second-order valence-corrected chi connectivity index (χ2v) is 3.28. The molecule has 0 saturated carbocycles. The van der Waals surface area contributed by atoms with Gasteiger partial charge in [-0.15, -0.1) is 0 Å². The standard InChI is InChI=1S/C12H13O2/c1-8-5-9(2)7-11(6-8)10(3)12(13)14-4/h3,5-7H,1-2,4H3. The molecular weight excluding hydrogens is 176 g/mol. The van der Waals surface area contributed by atoms with E-state index in [4.69, 9.17) is 6.58 Å². The lowest BCUT2D eigenvalue weighted by Crippen LogP contribution is -2.03. The van der Waals surface area contributed by atoms with Crippen LogP contribution in [0.5, 0.6) is 0 Å². The second kappa shape index (κ2) is 4.09. The number of benzene rings is 1. The van der Waals surface area contributed by atoms with E-state index in [1.54, 1.807) is 0 Å². The Labute approximate surface area is 84.2 Å². The largest absolute Gasteiger partial charge is 0.465 e. The van der Waals surface area contributed by atoms with Crippen LogP contribution in [0.2, 0.25) is 0 Å². The average molecular weight is 189 g/mol. The number of carbonyl (C=O) groups excluding carboxylic acids is 1. The van der Waals surface area contributed by atoms with E-state index in [0.29, 0.717) is 5.56 Å². The number of methoxy groups -OCH3 is 1. The first-order chi connectivity index (χ1) is 6.54. The molecule has 73 valence electrons. The van der Waals surface area contributed by atoms with Gasteiger partial charge in [-0.25, -0.2) is 4.79 Å². The molecule has 2 nitrogen and oxygen atoms in total. The molecule has 0 unspecified atom stereocenters. The van der Waals surface area contributed by atoms with Gasteiger partial charge in [0.05, 0.1) is 12.7 Å². The topological polar surface area (TPSA) is 26.3 Å². The van der Waals surface area contributed by atoms with E-state index in [0.717, 1.165) is 11.1 Å². The number of hydrogen-bond acceptors (Lipinski definition) is 2. The number of aryl methyl sites for hydroxylation is 2. The molecule has 1 aromatic rings. The summed E-state index contributed by atoms with van der Waals surface area (Å²) in [4.78, 5) is 11.2. The summed E-state index contributed by atoms with van der Waals surface area (Å²) in [6.07, 6.45) is 0. The Morgan fingerprint density at radius 2 is 1.71 bits per heavy atom. The van der Waals surface area contributed by atoms with E-state index in [2.05, 4.69) is 4.74 Å². The van der Waals surface area contributed by atoms with Gasteiger partial charge in [0.2, 0.25) is 0 Å². The first-order valence-electron chi connectivity index (χ1n) is 4.34. The molecular formula is C12H13O2. The highest BCUT2D eigenvalue weighted by molar-refractivity contribution is 6.14. The summed E-state index contributed by atoms with van der Waals surface area (Å²) in [7, 11) is 1.32. The lowest BCUT2D eigenvalue weighted by molar-refractivity contribution is -0.133. The molecule has 0 spiro atoms. The Hall–Kier alpha value is -1.57. The van der Waals surface area contributed by atoms with Crippen LogP contribution in [0.1, 0.15) is 16.7 Å². The van der Waals surface area contributed by atoms with Gasteiger partial charge in [0.15, 0.2) is 0 Å². The summed E-state index contributed by atoms with van der Waals surface area (Å²) in [6.45, 7) is 9.55. The van der Waals surface area contributed by atoms with Gasteiger partial charge in [-0.3, -0.25) is 0 Å². The summed E-state index contributed by atoms with van der Waals surface area (Å²) in [5.41, 5.74) is 3.02. The maximum absolute atomic E-state index is 11.2. The zero-order valence-electron chi connectivity index (χ0n) is 8.63. The second-order valence-electron chi connectivity index (χ2n) is 3.28. The number of carbonyl (C=O) groups is 1. The highest BCUT2D eigenvalue weighted by Gasteiger charge is 2.09. The Morgan fingerprint density at radius 1 is 1.21 bits per heavy atom. The predicted octanol–water partition coefficient (Wildman–Crippen LogP) is 2.29. The van der Waals surface area contributed by atoms with Crippen molar-refractivity contribution in [2.24, 2.45) is 0 Å². The quantitative estimate of drug-likeness (QED) is 0.527. The number of esters is 1. The Bertz CT molecular complexity index is 358. The Kier molecular flexibility index (Phi) is 3.07. The lowest BCUT2D eigenvalue weighted by atomic mass is 10.0. The third-order valence-electron chi connectivity index (χ3n) is 1.94. The molecule has 1 radical (unpaired) electrons. The molecule has 0 atom stereocenters. The lowest BCUT2D eigenvalue weighted by Gasteiger charge is -2.05. The predicted molar refractivity (Wildman–Crippen MR) is 55.6 cm³/mol. The van der Waals surface area contributed by atoms with Gasteiger partial charge in [-0.05, 0) is 26.0 Å². The fourth-order valence-corrected chi connectivity index (χ4v) is 1.36. The van der Waals surface area contributed by atoms with E-state index in [1.807, 2.05) is 32.0 Å². The minimum absolute atomic E-state index is 0.152. The van der Waals surface area contributed by atoms with Crippen molar-refractivity contribution in [1.82, 2.24) is 0 Å². The molecule has 0 amide bonds. The first kappa shape index (κ1) is 10.5. The third-order valence-corrected chi connectivity index (χ3v) is 1.94. The molecule has 1 aromatic carbocycles. The molecule has 0 aliphatic carbocycles. The average Bonchev–Trinajstić information content (AvgIpc) is 2.14. The van der Waals surface area contributed by atoms with Gasteiger partial charge in [0.1, 0.15) is 0 Å². The Morgan fingerprint density at radius 3 is 2.14 bits per heavy atom. The fraction of sp³-hybridized carbons (Fsp3) is 0.250. The molecule has 1 rings (SSSR count). The van der Waals surface area contributed by atoms with Crippen LogP contribution < -0.4 is 0 Å². The maximum atomic E-state index is 11.2. The highest BCUT2D eigenvalue weighted by atomic mass is 16.5. The van der Waals surface area contributed by atoms with Crippen LogP contribution >= 0.6 is 0 Å². The van der Waals surface area contributed by atoms with Crippen molar-refractivity contribution in [3.05, 3.63) is 41.5 Å². The van der Waals surface area contributed by atoms with Crippen LogP contribution in [0.15, 0.2) is 18.2 Å². The monoisotopic (exact) mass is 189 g/mol. The van der Waals surface area contributed by atoms with Crippen molar-refractivity contribution >= 4 is 11.5 Å². The van der Waals surface area contributed by atoms with Crippen molar-refractivity contribution in [1.29, 1.82) is 0 Å². The summed E-state index contributed by atoms with van der Waals surface area (Å²) in [5.74, 6) is -0.491. The van der Waals surface area contributed by atoms with Gasteiger partial charge < -0.3 is 4.74 Å². The molecule has 0 aliphatic rings. The van der Waals surface area contributed by atoms with Gasteiger partial charge in [-0.1, -0.05) is 29.3 Å². The molecule has 0 N–H and O–H groups in total. The van der Waals surface area contributed by atoms with Crippen molar-refractivity contribution in [3.63, 3.8) is 0 Å². The van der Waals surface area contributed by atoms with Gasteiger partial charge >= 0.3 is 5.97 Å². The van der Waals surface area contributed by atoms with Crippen LogP contribution in [-0.4, -0.2) is 13.1 Å². The zero-order valence-corrected chi connectivity index (χ0v) is 8.63. The molecule has 0 bridgehead atoms. The summed E-state index contributed by atoms with van der Waals surface area (Å²) >= 11 is 0. The first-order valence-corrected chi connectivity index (χ1v) is 4.34. The smallest absolute Gasteiger partial charge is 0.338 e.